The lowest BCUT2D eigenvalue weighted by molar-refractivity contribution is -0.0708. The van der Waals surface area contributed by atoms with Crippen LogP contribution < -0.4 is 16.0 Å². The molecule has 3 unspecified atom stereocenters. The van der Waals surface area contributed by atoms with E-state index in [1.54, 1.807) is 14.2 Å². The van der Waals surface area contributed by atoms with E-state index < -0.39 is 0 Å². The van der Waals surface area contributed by atoms with Crippen LogP contribution in [0.25, 0.3) is 0 Å². The molecule has 0 bridgehead atoms. The molecule has 0 aromatic rings. The first kappa shape index (κ1) is 17.9. The molecule has 2 fully saturated rings. The second-order valence-corrected chi connectivity index (χ2v) is 6.85. The fourth-order valence-corrected chi connectivity index (χ4v) is 3.83. The van der Waals surface area contributed by atoms with Gasteiger partial charge in [0, 0.05) is 26.8 Å². The average Bonchev–Trinajstić information content (AvgIpc) is 2.55. The molecule has 2 aliphatic rings. The maximum absolute atomic E-state index is 5.56. The molecule has 1 saturated heterocycles. The molecule has 0 spiro atoms. The third-order valence-electron chi connectivity index (χ3n) is 4.96. The van der Waals surface area contributed by atoms with Crippen molar-refractivity contribution in [1.29, 1.82) is 0 Å². The number of methoxy groups -OCH3 is 2. The van der Waals surface area contributed by atoms with Crippen molar-refractivity contribution < 1.29 is 9.47 Å². The van der Waals surface area contributed by atoms with Crippen LogP contribution in [-0.2, 0) is 9.47 Å². The molecule has 1 aliphatic heterocycles. The largest absolute Gasteiger partial charge is 0.379 e. The number of rotatable bonds is 6. The van der Waals surface area contributed by atoms with Gasteiger partial charge in [0.15, 0.2) is 5.11 Å². The van der Waals surface area contributed by atoms with Crippen LogP contribution in [0.4, 0.5) is 0 Å². The predicted octanol–water partition coefficient (Wildman–Crippen LogP) is 1.42. The van der Waals surface area contributed by atoms with Crippen LogP contribution in [0, 0.1) is 5.92 Å². The minimum Gasteiger partial charge on any atom is -0.379 e. The Labute approximate surface area is 139 Å². The first-order chi connectivity index (χ1) is 10.7. The third-order valence-corrected chi connectivity index (χ3v) is 5.22. The molecule has 6 heteroatoms. The van der Waals surface area contributed by atoms with Crippen LogP contribution in [0.5, 0.6) is 0 Å². The summed E-state index contributed by atoms with van der Waals surface area (Å²) in [4.78, 5) is 0. The number of thiocarbonyl (C=S) groups is 1. The third kappa shape index (κ3) is 5.65. The van der Waals surface area contributed by atoms with Crippen LogP contribution in [0.3, 0.4) is 0 Å². The molecule has 128 valence electrons. The van der Waals surface area contributed by atoms with Crippen molar-refractivity contribution >= 4 is 17.3 Å². The van der Waals surface area contributed by atoms with E-state index in [9.17, 15) is 0 Å². The van der Waals surface area contributed by atoms with Crippen molar-refractivity contribution in [2.45, 2.75) is 56.8 Å². The van der Waals surface area contributed by atoms with Gasteiger partial charge in [0.2, 0.25) is 0 Å². The molecule has 1 heterocycles. The van der Waals surface area contributed by atoms with Crippen molar-refractivity contribution in [1.82, 2.24) is 16.0 Å². The van der Waals surface area contributed by atoms with Crippen molar-refractivity contribution in [2.24, 2.45) is 5.92 Å². The average molecular weight is 330 g/mol. The van der Waals surface area contributed by atoms with Gasteiger partial charge in [0.05, 0.1) is 12.2 Å². The first-order valence-corrected chi connectivity index (χ1v) is 8.94. The maximum atomic E-state index is 5.56. The highest BCUT2D eigenvalue weighted by molar-refractivity contribution is 7.80. The Bertz CT molecular complexity index is 337. The van der Waals surface area contributed by atoms with Gasteiger partial charge < -0.3 is 25.4 Å². The molecule has 2 rings (SSSR count). The second kappa shape index (κ2) is 9.65. The Morgan fingerprint density at radius 2 is 1.82 bits per heavy atom. The molecular weight excluding hydrogens is 298 g/mol. The van der Waals surface area contributed by atoms with Crippen molar-refractivity contribution in [3.8, 4) is 0 Å². The monoisotopic (exact) mass is 329 g/mol. The summed E-state index contributed by atoms with van der Waals surface area (Å²) < 4.78 is 11.1. The lowest BCUT2D eigenvalue weighted by Crippen LogP contribution is -2.47. The number of piperidine rings is 1. The maximum Gasteiger partial charge on any atom is 0.166 e. The first-order valence-electron chi connectivity index (χ1n) is 8.53. The molecule has 5 nitrogen and oxygen atoms in total. The van der Waals surface area contributed by atoms with Crippen LogP contribution in [-0.4, -0.2) is 57.2 Å². The zero-order valence-electron chi connectivity index (χ0n) is 13.9. The number of nitrogens with one attached hydrogen (secondary N) is 3. The second-order valence-electron chi connectivity index (χ2n) is 6.44. The summed E-state index contributed by atoms with van der Waals surface area (Å²) >= 11 is 5.40. The molecule has 0 aromatic heterocycles. The summed E-state index contributed by atoms with van der Waals surface area (Å²) in [6.07, 6.45) is 7.35. The Morgan fingerprint density at radius 3 is 2.50 bits per heavy atom. The highest BCUT2D eigenvalue weighted by Crippen LogP contribution is 2.29. The number of hydrogen-bond donors (Lipinski definition) is 3. The highest BCUT2D eigenvalue weighted by atomic mass is 32.1. The molecule has 3 atom stereocenters. The zero-order valence-corrected chi connectivity index (χ0v) is 14.7. The summed E-state index contributed by atoms with van der Waals surface area (Å²) in [5.41, 5.74) is 0. The summed E-state index contributed by atoms with van der Waals surface area (Å²) in [5, 5.41) is 11.0. The quantitative estimate of drug-likeness (QED) is 0.641. The van der Waals surface area contributed by atoms with Crippen molar-refractivity contribution in [3.05, 3.63) is 0 Å². The van der Waals surface area contributed by atoms with E-state index in [1.165, 1.54) is 6.42 Å². The van der Waals surface area contributed by atoms with Crippen LogP contribution in [0.1, 0.15) is 38.5 Å². The fraction of sp³-hybridized carbons (Fsp3) is 0.938. The molecule has 0 aromatic carbocycles. The summed E-state index contributed by atoms with van der Waals surface area (Å²) in [6, 6.07) is 0.524. The molecule has 0 radical (unpaired) electrons. The molecule has 3 N–H and O–H groups in total. The van der Waals surface area contributed by atoms with Gasteiger partial charge in [-0.3, -0.25) is 0 Å². The lowest BCUT2D eigenvalue weighted by Gasteiger charge is -2.34. The Hall–Kier alpha value is -0.430. The van der Waals surface area contributed by atoms with E-state index in [2.05, 4.69) is 16.0 Å². The van der Waals surface area contributed by atoms with Crippen LogP contribution in [0.15, 0.2) is 0 Å². The summed E-state index contributed by atoms with van der Waals surface area (Å²) in [6.45, 7) is 3.11. The van der Waals surface area contributed by atoms with Gasteiger partial charge in [-0.1, -0.05) is 0 Å². The van der Waals surface area contributed by atoms with Crippen LogP contribution >= 0.6 is 12.2 Å². The van der Waals surface area contributed by atoms with Gasteiger partial charge in [0.1, 0.15) is 0 Å². The van der Waals surface area contributed by atoms with Gasteiger partial charge in [-0.05, 0) is 69.8 Å². The lowest BCUT2D eigenvalue weighted by atomic mass is 9.83. The van der Waals surface area contributed by atoms with Gasteiger partial charge in [-0.2, -0.15) is 0 Å². The SMILES string of the molecule is COC1CCC(CCNC(=S)NC2CCNCC2)CC1OC. The standard InChI is InChI=1S/C16H31N3O2S/c1-20-14-4-3-12(11-15(14)21-2)5-10-18-16(22)19-13-6-8-17-9-7-13/h12-15,17H,3-11H2,1-2H3,(H2,18,19,22). The van der Waals surface area contributed by atoms with Gasteiger partial charge in [0.25, 0.3) is 0 Å². The molecule has 1 aliphatic carbocycles. The Morgan fingerprint density at radius 1 is 1.09 bits per heavy atom. The minimum atomic E-state index is 0.239. The van der Waals surface area contributed by atoms with E-state index in [4.69, 9.17) is 21.7 Å². The molecule has 1 saturated carbocycles. The van der Waals surface area contributed by atoms with Gasteiger partial charge in [-0.25, -0.2) is 0 Å². The van der Waals surface area contributed by atoms with E-state index in [0.29, 0.717) is 12.0 Å². The molecule has 0 amide bonds. The smallest absolute Gasteiger partial charge is 0.166 e. The molecule has 22 heavy (non-hydrogen) atoms. The Balaban J connectivity index is 1.60. The number of ether oxygens (including phenoxy) is 2. The zero-order chi connectivity index (χ0) is 15.8. The fourth-order valence-electron chi connectivity index (χ4n) is 3.56. The van der Waals surface area contributed by atoms with Gasteiger partial charge in [-0.15, -0.1) is 0 Å². The minimum absolute atomic E-state index is 0.239. The van der Waals surface area contributed by atoms with E-state index in [-0.39, 0.29) is 12.2 Å². The van der Waals surface area contributed by atoms with Crippen molar-refractivity contribution in [2.75, 3.05) is 33.9 Å². The van der Waals surface area contributed by atoms with Crippen LogP contribution in [0.2, 0.25) is 0 Å². The van der Waals surface area contributed by atoms with E-state index in [0.717, 1.165) is 56.9 Å². The Kier molecular flexibility index (Phi) is 7.86. The van der Waals surface area contributed by atoms with Crippen molar-refractivity contribution in [3.63, 3.8) is 0 Å². The predicted molar refractivity (Wildman–Crippen MR) is 93.2 cm³/mol. The number of hydrogen-bond acceptors (Lipinski definition) is 4. The van der Waals surface area contributed by atoms with E-state index >= 15 is 0 Å². The molecular formula is C16H31N3O2S. The van der Waals surface area contributed by atoms with E-state index in [1.807, 2.05) is 0 Å². The topological polar surface area (TPSA) is 54.5 Å². The van der Waals surface area contributed by atoms with Gasteiger partial charge >= 0.3 is 0 Å². The highest BCUT2D eigenvalue weighted by Gasteiger charge is 2.30. The normalized spacial score (nSPS) is 30.0. The summed E-state index contributed by atoms with van der Waals surface area (Å²) in [5.74, 6) is 0.700. The summed E-state index contributed by atoms with van der Waals surface area (Å²) in [7, 11) is 3.57.